The first kappa shape index (κ1) is 20.9. The van der Waals surface area contributed by atoms with Gasteiger partial charge in [-0.05, 0) is 84.8 Å². The van der Waals surface area contributed by atoms with Crippen molar-refractivity contribution in [3.8, 4) is 5.75 Å². The molecule has 0 spiro atoms. The number of amides is 1. The van der Waals surface area contributed by atoms with E-state index >= 15 is 0 Å². The molecule has 31 heavy (non-hydrogen) atoms. The monoisotopic (exact) mass is 415 g/mol. The van der Waals surface area contributed by atoms with Crippen LogP contribution in [-0.4, -0.2) is 29.8 Å². The summed E-state index contributed by atoms with van der Waals surface area (Å²) in [6.45, 7) is 8.86. The molecule has 0 aromatic heterocycles. The molecule has 0 unspecified atom stereocenters. The van der Waals surface area contributed by atoms with Crippen LogP contribution < -0.4 is 10.3 Å². The van der Waals surface area contributed by atoms with E-state index in [1.54, 1.807) is 18.3 Å². The Balaban J connectivity index is 1.57. The molecule has 3 aromatic rings. The second-order valence-electron chi connectivity index (χ2n) is 9.16. The Morgan fingerprint density at radius 2 is 1.87 bits per heavy atom. The van der Waals surface area contributed by atoms with Gasteiger partial charge in [0.1, 0.15) is 5.75 Å². The fourth-order valence-corrected chi connectivity index (χ4v) is 4.50. The lowest BCUT2D eigenvalue weighted by molar-refractivity contribution is 0.0952. The predicted molar refractivity (Wildman–Crippen MR) is 127 cm³/mol. The van der Waals surface area contributed by atoms with Gasteiger partial charge < -0.3 is 10.0 Å². The van der Waals surface area contributed by atoms with Gasteiger partial charge in [0.2, 0.25) is 0 Å². The number of phenols is 1. The minimum Gasteiger partial charge on any atom is -0.507 e. The number of hydrogen-bond donors (Lipinski definition) is 2. The zero-order valence-corrected chi connectivity index (χ0v) is 18.7. The van der Waals surface area contributed by atoms with Crippen molar-refractivity contribution < 1.29 is 9.90 Å². The van der Waals surface area contributed by atoms with Gasteiger partial charge in [-0.2, -0.15) is 5.10 Å². The number of carbonyl (C=O) groups excluding carboxylic acids is 1. The number of anilines is 1. The number of hydrazone groups is 1. The average molecular weight is 416 g/mol. The zero-order chi connectivity index (χ0) is 22.3. The topological polar surface area (TPSA) is 64.9 Å². The molecule has 0 saturated carbocycles. The van der Waals surface area contributed by atoms with Crippen LogP contribution in [0.4, 0.5) is 5.69 Å². The fourth-order valence-electron chi connectivity index (χ4n) is 4.50. The summed E-state index contributed by atoms with van der Waals surface area (Å²) < 4.78 is 0. The van der Waals surface area contributed by atoms with E-state index in [1.165, 1.54) is 11.3 Å². The number of nitrogens with zero attached hydrogens (tertiary/aromatic N) is 2. The largest absolute Gasteiger partial charge is 0.507 e. The number of rotatable bonds is 3. The summed E-state index contributed by atoms with van der Waals surface area (Å²) in [6.07, 6.45) is 2.76. The summed E-state index contributed by atoms with van der Waals surface area (Å²) in [7, 11) is 2.15. The molecule has 0 bridgehead atoms. The minimum atomic E-state index is -0.440. The number of hydrogen-bond acceptors (Lipinski definition) is 4. The number of benzene rings is 3. The molecule has 1 aliphatic heterocycles. The Morgan fingerprint density at radius 1 is 1.19 bits per heavy atom. The molecule has 0 fully saturated rings. The van der Waals surface area contributed by atoms with Crippen LogP contribution in [0.25, 0.3) is 10.8 Å². The van der Waals surface area contributed by atoms with Crippen LogP contribution in [-0.2, 0) is 0 Å². The quantitative estimate of drug-likeness (QED) is 0.448. The molecule has 1 amide bonds. The number of fused-ring (bicyclic) bond motifs is 2. The SMILES string of the molecule is Cc1cc2c(cc1/C=N\NC(=O)c1cc3ccccc3cc1O)[C@H](C)CC(C)(C)N2C. The van der Waals surface area contributed by atoms with E-state index in [0.29, 0.717) is 5.92 Å². The molecule has 3 aromatic carbocycles. The summed E-state index contributed by atoms with van der Waals surface area (Å²) >= 11 is 0. The Labute approximate surface area is 183 Å². The van der Waals surface area contributed by atoms with Crippen molar-refractivity contribution in [3.63, 3.8) is 0 Å². The zero-order valence-electron chi connectivity index (χ0n) is 18.7. The van der Waals surface area contributed by atoms with E-state index in [4.69, 9.17) is 0 Å². The highest BCUT2D eigenvalue weighted by molar-refractivity contribution is 6.01. The maximum atomic E-state index is 12.6. The normalized spacial score (nSPS) is 17.7. The third-order valence-corrected chi connectivity index (χ3v) is 6.50. The highest BCUT2D eigenvalue weighted by atomic mass is 16.3. The smallest absolute Gasteiger partial charge is 0.275 e. The molecule has 1 aliphatic rings. The van der Waals surface area contributed by atoms with Gasteiger partial charge in [-0.1, -0.05) is 31.2 Å². The second-order valence-corrected chi connectivity index (χ2v) is 9.16. The molecule has 160 valence electrons. The molecule has 0 aliphatic carbocycles. The van der Waals surface area contributed by atoms with Gasteiger partial charge in [-0.3, -0.25) is 4.79 Å². The van der Waals surface area contributed by atoms with Crippen LogP contribution >= 0.6 is 0 Å². The van der Waals surface area contributed by atoms with Crippen LogP contribution in [0.1, 0.15) is 60.2 Å². The molecule has 5 nitrogen and oxygen atoms in total. The van der Waals surface area contributed by atoms with E-state index in [0.717, 1.165) is 28.3 Å². The summed E-state index contributed by atoms with van der Waals surface area (Å²) in [5.74, 6) is -0.0566. The molecule has 1 atom stereocenters. The lowest BCUT2D eigenvalue weighted by Gasteiger charge is -2.45. The molecule has 0 radical (unpaired) electrons. The van der Waals surface area contributed by atoms with Crippen molar-refractivity contribution >= 4 is 28.6 Å². The maximum Gasteiger partial charge on any atom is 0.275 e. The second kappa shape index (κ2) is 7.73. The molecule has 5 heteroatoms. The molecular weight excluding hydrogens is 386 g/mol. The summed E-state index contributed by atoms with van der Waals surface area (Å²) in [4.78, 5) is 14.9. The first-order valence-electron chi connectivity index (χ1n) is 10.6. The fraction of sp³-hybridized carbons (Fsp3) is 0.308. The van der Waals surface area contributed by atoms with E-state index < -0.39 is 5.91 Å². The van der Waals surface area contributed by atoms with E-state index in [1.807, 2.05) is 24.3 Å². The van der Waals surface area contributed by atoms with Crippen molar-refractivity contribution in [2.45, 2.75) is 45.6 Å². The average Bonchev–Trinajstić information content (AvgIpc) is 2.72. The lowest BCUT2D eigenvalue weighted by atomic mass is 9.79. The van der Waals surface area contributed by atoms with Gasteiger partial charge in [0, 0.05) is 18.3 Å². The van der Waals surface area contributed by atoms with Gasteiger partial charge in [0.15, 0.2) is 0 Å². The lowest BCUT2D eigenvalue weighted by Crippen LogP contribution is -2.45. The molecule has 1 heterocycles. The highest BCUT2D eigenvalue weighted by Gasteiger charge is 2.34. The number of phenolic OH excluding ortho intramolecular Hbond substituents is 1. The maximum absolute atomic E-state index is 12.6. The van der Waals surface area contributed by atoms with Gasteiger partial charge in [0.25, 0.3) is 5.91 Å². The van der Waals surface area contributed by atoms with E-state index in [-0.39, 0.29) is 16.9 Å². The number of nitrogens with one attached hydrogen (secondary N) is 1. The third kappa shape index (κ3) is 3.88. The minimum absolute atomic E-state index is 0.0594. The molecule has 0 saturated heterocycles. The molecule has 4 rings (SSSR count). The van der Waals surface area contributed by atoms with Crippen molar-refractivity contribution in [1.82, 2.24) is 5.43 Å². The first-order valence-corrected chi connectivity index (χ1v) is 10.6. The van der Waals surface area contributed by atoms with Gasteiger partial charge >= 0.3 is 0 Å². The number of aryl methyl sites for hydroxylation is 1. The van der Waals surface area contributed by atoms with Crippen LogP contribution in [0.3, 0.4) is 0 Å². The van der Waals surface area contributed by atoms with E-state index in [9.17, 15) is 9.90 Å². The van der Waals surface area contributed by atoms with Gasteiger partial charge in [0.05, 0.1) is 11.8 Å². The van der Waals surface area contributed by atoms with Crippen LogP contribution in [0.15, 0.2) is 53.6 Å². The van der Waals surface area contributed by atoms with Crippen molar-refractivity contribution in [3.05, 3.63) is 70.8 Å². The standard InChI is InChI=1S/C26H29N3O2/c1-16-10-23-21(17(2)14-26(3,4)29(23)5)12-20(16)15-27-28-25(31)22-11-18-8-6-7-9-19(18)13-24(22)30/h6-13,15,17,30H,14H2,1-5H3,(H,28,31)/b27-15-/t17-/m1/s1. The summed E-state index contributed by atoms with van der Waals surface area (Å²) in [5.41, 5.74) is 7.50. The van der Waals surface area contributed by atoms with Gasteiger partial charge in [-0.15, -0.1) is 0 Å². The number of aromatic hydroxyl groups is 1. The van der Waals surface area contributed by atoms with Crippen LogP contribution in [0.5, 0.6) is 5.75 Å². The van der Waals surface area contributed by atoms with Crippen molar-refractivity contribution in [2.24, 2.45) is 5.10 Å². The Bertz CT molecular complexity index is 1200. The van der Waals surface area contributed by atoms with Crippen LogP contribution in [0, 0.1) is 6.92 Å². The molecular formula is C26H29N3O2. The first-order chi connectivity index (χ1) is 14.7. The van der Waals surface area contributed by atoms with E-state index in [2.05, 4.69) is 62.3 Å². The highest BCUT2D eigenvalue weighted by Crippen LogP contribution is 2.43. The van der Waals surface area contributed by atoms with Crippen LogP contribution in [0.2, 0.25) is 0 Å². The van der Waals surface area contributed by atoms with Gasteiger partial charge in [-0.25, -0.2) is 5.43 Å². The third-order valence-electron chi connectivity index (χ3n) is 6.50. The van der Waals surface area contributed by atoms with Crippen molar-refractivity contribution in [2.75, 3.05) is 11.9 Å². The molecule has 2 N–H and O–H groups in total. The Morgan fingerprint density at radius 3 is 2.58 bits per heavy atom. The van der Waals surface area contributed by atoms with Crippen molar-refractivity contribution in [1.29, 1.82) is 0 Å². The Kier molecular flexibility index (Phi) is 5.21. The predicted octanol–water partition coefficient (Wildman–Crippen LogP) is 5.34. The summed E-state index contributed by atoms with van der Waals surface area (Å²) in [6, 6.07) is 15.2. The number of carbonyl (C=O) groups is 1. The Hall–Kier alpha value is -3.34. The summed E-state index contributed by atoms with van der Waals surface area (Å²) in [5, 5.41) is 16.2.